The van der Waals surface area contributed by atoms with Gasteiger partial charge in [0.15, 0.2) is 0 Å². The molecule has 0 atom stereocenters. The second-order valence-electron chi connectivity index (χ2n) is 3.38. The molecule has 0 amide bonds. The molecule has 0 spiro atoms. The fourth-order valence-electron chi connectivity index (χ4n) is 1.20. The van der Waals surface area contributed by atoms with Gasteiger partial charge in [-0.1, -0.05) is 6.92 Å². The first-order valence-corrected chi connectivity index (χ1v) is 5.13. The van der Waals surface area contributed by atoms with Crippen LogP contribution in [-0.4, -0.2) is 21.7 Å². The number of nitrogens with zero attached hydrogens (tertiary/aromatic N) is 2. The minimum Gasteiger partial charge on any atom is -0.417 e. The summed E-state index contributed by atoms with van der Waals surface area (Å²) in [4.78, 5) is 4.15. The molecule has 0 aliphatic rings. The average Bonchev–Trinajstić information content (AvgIpc) is 2.86. The smallest absolute Gasteiger partial charge is 0.400 e. The van der Waals surface area contributed by atoms with Crippen molar-refractivity contribution < 1.29 is 9.15 Å². The number of rotatable bonds is 5. The Balaban J connectivity index is 1.97. The monoisotopic (exact) mass is 222 g/mol. The number of hydrogen-bond donors (Lipinski definition) is 2. The quantitative estimate of drug-likeness (QED) is 0.803. The van der Waals surface area contributed by atoms with E-state index in [1.54, 1.807) is 12.3 Å². The van der Waals surface area contributed by atoms with E-state index in [9.17, 15) is 0 Å². The fraction of sp³-hybridized carbons (Fsp3) is 0.400. The number of aromatic nitrogens is 3. The van der Waals surface area contributed by atoms with E-state index < -0.39 is 0 Å². The topological polar surface area (TPSA) is 76.0 Å². The summed E-state index contributed by atoms with van der Waals surface area (Å²) in [6.45, 7) is 5.49. The van der Waals surface area contributed by atoms with Gasteiger partial charge in [-0.2, -0.15) is 4.98 Å². The van der Waals surface area contributed by atoms with E-state index in [-0.39, 0.29) is 6.08 Å². The van der Waals surface area contributed by atoms with E-state index in [4.69, 9.17) is 9.15 Å². The Labute approximate surface area is 93.0 Å². The molecule has 0 aromatic carbocycles. The lowest BCUT2D eigenvalue weighted by Crippen LogP contribution is -2.11. The third kappa shape index (κ3) is 2.60. The summed E-state index contributed by atoms with van der Waals surface area (Å²) >= 11 is 0. The molecule has 2 N–H and O–H groups in total. The number of aryl methyl sites for hydroxylation is 1. The molecule has 6 nitrogen and oxygen atoms in total. The van der Waals surface area contributed by atoms with E-state index >= 15 is 0 Å². The predicted molar refractivity (Wildman–Crippen MR) is 57.3 cm³/mol. The van der Waals surface area contributed by atoms with Crippen molar-refractivity contribution in [1.82, 2.24) is 20.5 Å². The minimum absolute atomic E-state index is 0.208. The number of aromatic amines is 1. The molecule has 0 saturated heterocycles. The predicted octanol–water partition coefficient (Wildman–Crippen LogP) is 1.61. The van der Waals surface area contributed by atoms with Gasteiger partial charge < -0.3 is 14.5 Å². The zero-order valence-electron chi connectivity index (χ0n) is 9.28. The molecule has 0 radical (unpaired) electrons. The molecule has 2 aromatic heterocycles. The first-order chi connectivity index (χ1) is 7.78. The molecule has 0 bridgehead atoms. The van der Waals surface area contributed by atoms with Gasteiger partial charge in [-0.15, -0.1) is 5.10 Å². The third-order valence-corrected chi connectivity index (χ3v) is 1.96. The molecule has 0 fully saturated rings. The van der Waals surface area contributed by atoms with E-state index in [1.165, 1.54) is 0 Å². The normalized spacial score (nSPS) is 10.6. The number of ether oxygens (including phenoxy) is 1. The van der Waals surface area contributed by atoms with Gasteiger partial charge in [0, 0.05) is 18.3 Å². The lowest BCUT2D eigenvalue weighted by Gasteiger charge is -1.94. The third-order valence-electron chi connectivity index (χ3n) is 1.96. The van der Waals surface area contributed by atoms with Crippen molar-refractivity contribution in [3.05, 3.63) is 23.7 Å². The fourth-order valence-corrected chi connectivity index (χ4v) is 1.20. The standard InChI is InChI=1S/C10H14N4O2/c1-3-11-5-8-6-15-10(12-8)16-9-4-7(2)13-14-9/h4,6,11H,3,5H2,1-2H3,(H,13,14). The Bertz CT molecular complexity index is 449. The largest absolute Gasteiger partial charge is 0.417 e. The molecule has 2 aromatic rings. The molecule has 2 heterocycles. The zero-order chi connectivity index (χ0) is 11.4. The lowest BCUT2D eigenvalue weighted by atomic mass is 10.5. The SMILES string of the molecule is CCNCc1coc(Oc2cc(C)[nH]n2)n1. The zero-order valence-corrected chi connectivity index (χ0v) is 9.28. The highest BCUT2D eigenvalue weighted by Crippen LogP contribution is 2.18. The van der Waals surface area contributed by atoms with Crippen molar-refractivity contribution in [2.75, 3.05) is 6.54 Å². The van der Waals surface area contributed by atoms with Gasteiger partial charge in [0.2, 0.25) is 5.88 Å². The van der Waals surface area contributed by atoms with Gasteiger partial charge in [-0.25, -0.2) is 0 Å². The highest BCUT2D eigenvalue weighted by Gasteiger charge is 2.07. The highest BCUT2D eigenvalue weighted by molar-refractivity contribution is 5.16. The molecule has 0 aliphatic carbocycles. The van der Waals surface area contributed by atoms with Crippen LogP contribution >= 0.6 is 0 Å². The van der Waals surface area contributed by atoms with Gasteiger partial charge in [0.25, 0.3) is 0 Å². The van der Waals surface area contributed by atoms with E-state index in [1.807, 2.05) is 13.8 Å². The van der Waals surface area contributed by atoms with Crippen molar-refractivity contribution in [2.24, 2.45) is 0 Å². The van der Waals surface area contributed by atoms with E-state index in [2.05, 4.69) is 20.5 Å². The van der Waals surface area contributed by atoms with Crippen molar-refractivity contribution in [2.45, 2.75) is 20.4 Å². The van der Waals surface area contributed by atoms with E-state index in [0.717, 1.165) is 17.9 Å². The average molecular weight is 222 g/mol. The van der Waals surface area contributed by atoms with Crippen LogP contribution in [0.2, 0.25) is 0 Å². The Kier molecular flexibility index (Phi) is 3.21. The van der Waals surface area contributed by atoms with Crippen LogP contribution in [0, 0.1) is 6.92 Å². The Hall–Kier alpha value is -1.82. The molecule has 0 unspecified atom stereocenters. The van der Waals surface area contributed by atoms with Gasteiger partial charge in [-0.3, -0.25) is 5.10 Å². The van der Waals surface area contributed by atoms with Crippen LogP contribution in [0.15, 0.2) is 16.7 Å². The number of hydrogen-bond acceptors (Lipinski definition) is 5. The van der Waals surface area contributed by atoms with Crippen LogP contribution in [0.3, 0.4) is 0 Å². The Morgan fingerprint density at radius 1 is 1.56 bits per heavy atom. The van der Waals surface area contributed by atoms with Gasteiger partial charge in [0.05, 0.1) is 5.69 Å². The van der Waals surface area contributed by atoms with Crippen LogP contribution in [0.1, 0.15) is 18.3 Å². The Morgan fingerprint density at radius 2 is 2.44 bits per heavy atom. The molecule has 2 rings (SSSR count). The van der Waals surface area contributed by atoms with E-state index in [0.29, 0.717) is 12.4 Å². The van der Waals surface area contributed by atoms with Crippen molar-refractivity contribution >= 4 is 0 Å². The molecule has 6 heteroatoms. The van der Waals surface area contributed by atoms with Gasteiger partial charge in [0.1, 0.15) is 6.26 Å². The number of nitrogens with one attached hydrogen (secondary N) is 2. The first-order valence-electron chi connectivity index (χ1n) is 5.13. The molecule has 0 saturated carbocycles. The Morgan fingerprint density at radius 3 is 3.12 bits per heavy atom. The molecular formula is C10H14N4O2. The van der Waals surface area contributed by atoms with Crippen LogP contribution in [0.25, 0.3) is 0 Å². The molecule has 0 aliphatic heterocycles. The maximum Gasteiger partial charge on any atom is 0.400 e. The van der Waals surface area contributed by atoms with Crippen LogP contribution < -0.4 is 10.1 Å². The van der Waals surface area contributed by atoms with Gasteiger partial charge >= 0.3 is 6.08 Å². The van der Waals surface area contributed by atoms with Gasteiger partial charge in [-0.05, 0) is 13.5 Å². The second kappa shape index (κ2) is 4.80. The van der Waals surface area contributed by atoms with Crippen LogP contribution in [0.5, 0.6) is 12.0 Å². The second-order valence-corrected chi connectivity index (χ2v) is 3.38. The van der Waals surface area contributed by atoms with Crippen molar-refractivity contribution in [3.8, 4) is 12.0 Å². The summed E-state index contributed by atoms with van der Waals surface area (Å²) in [5.41, 5.74) is 1.73. The summed E-state index contributed by atoms with van der Waals surface area (Å²) in [6.07, 6.45) is 1.77. The summed E-state index contributed by atoms with van der Waals surface area (Å²) in [6, 6.07) is 1.77. The molecular weight excluding hydrogens is 208 g/mol. The summed E-state index contributed by atoms with van der Waals surface area (Å²) in [5.74, 6) is 0.453. The van der Waals surface area contributed by atoms with Crippen LogP contribution in [-0.2, 0) is 6.54 Å². The summed E-state index contributed by atoms with van der Waals surface area (Å²) in [7, 11) is 0. The lowest BCUT2D eigenvalue weighted by molar-refractivity contribution is 0.321. The van der Waals surface area contributed by atoms with Crippen molar-refractivity contribution in [1.29, 1.82) is 0 Å². The van der Waals surface area contributed by atoms with Crippen molar-refractivity contribution in [3.63, 3.8) is 0 Å². The maximum absolute atomic E-state index is 5.31. The summed E-state index contributed by atoms with van der Waals surface area (Å²) < 4.78 is 10.5. The summed E-state index contributed by atoms with van der Waals surface area (Å²) in [5, 5.41) is 9.84. The molecule has 86 valence electrons. The maximum atomic E-state index is 5.31. The highest BCUT2D eigenvalue weighted by atomic mass is 16.6. The number of oxazole rings is 1. The first kappa shape index (κ1) is 10.7. The van der Waals surface area contributed by atoms with Crippen LogP contribution in [0.4, 0.5) is 0 Å². The molecule has 16 heavy (non-hydrogen) atoms. The number of H-pyrrole nitrogens is 1. The minimum atomic E-state index is 0.208.